The fourth-order valence-electron chi connectivity index (χ4n) is 10.3. The summed E-state index contributed by atoms with van der Waals surface area (Å²) in [7, 11) is -5.09. The summed E-state index contributed by atoms with van der Waals surface area (Å²) >= 11 is 0. The SMILES string of the molecule is CCCCCCCCCCC/C=C\C/C=C\CCCCCCCCCCCCCCCCCCCC(=O)NC(COC1OC(CO)C(O)C(OS(=O)(=O)O)C1O)C(O)/C=C/CCCCCCCCCCCCCCCC. The summed E-state index contributed by atoms with van der Waals surface area (Å²) in [5.74, 6) is -0.258. The van der Waals surface area contributed by atoms with Gasteiger partial charge in [0.1, 0.15) is 24.4 Å². The van der Waals surface area contributed by atoms with Crippen LogP contribution in [0.2, 0.25) is 0 Å². The number of aliphatic hydroxyl groups excluding tert-OH is 4. The molecule has 1 heterocycles. The first-order valence-electron chi connectivity index (χ1n) is 31.9. The van der Waals surface area contributed by atoms with Gasteiger partial charge >= 0.3 is 10.4 Å². The van der Waals surface area contributed by atoms with Crippen molar-refractivity contribution in [1.29, 1.82) is 0 Å². The third-order valence-electron chi connectivity index (χ3n) is 15.2. The molecule has 13 heteroatoms. The lowest BCUT2D eigenvalue weighted by Crippen LogP contribution is -2.61. The topological polar surface area (TPSA) is 192 Å². The molecule has 0 aromatic rings. The summed E-state index contributed by atoms with van der Waals surface area (Å²) in [5, 5.41) is 45.0. The molecule has 0 aromatic carbocycles. The average Bonchev–Trinajstić information content (AvgIpc) is 3.40. The molecule has 1 amide bonds. The Kier molecular flexibility index (Phi) is 50.1. The van der Waals surface area contributed by atoms with Gasteiger partial charge in [0.05, 0.1) is 25.4 Å². The van der Waals surface area contributed by atoms with Gasteiger partial charge in [-0.05, 0) is 51.4 Å². The molecule has 1 aliphatic rings. The number of amides is 1. The molecule has 0 radical (unpaired) electrons. The van der Waals surface area contributed by atoms with Gasteiger partial charge < -0.3 is 35.2 Å². The fraction of sp³-hybridized carbons (Fsp3) is 0.889. The highest BCUT2D eigenvalue weighted by Crippen LogP contribution is 2.26. The molecular weight excluding hydrogens is 979 g/mol. The minimum Gasteiger partial charge on any atom is -0.394 e. The van der Waals surface area contributed by atoms with Crippen molar-refractivity contribution in [3.8, 4) is 0 Å². The Hall–Kier alpha value is -1.68. The molecule has 1 rings (SSSR count). The number of hydrogen-bond acceptors (Lipinski definition) is 10. The zero-order valence-electron chi connectivity index (χ0n) is 48.8. The van der Waals surface area contributed by atoms with Crippen LogP contribution in [0.25, 0.3) is 0 Å². The van der Waals surface area contributed by atoms with E-state index in [2.05, 4.69) is 47.7 Å². The van der Waals surface area contributed by atoms with Crippen molar-refractivity contribution < 1.29 is 51.8 Å². The van der Waals surface area contributed by atoms with Gasteiger partial charge in [-0.2, -0.15) is 8.42 Å². The van der Waals surface area contributed by atoms with Crippen LogP contribution in [0.15, 0.2) is 36.5 Å². The molecule has 1 saturated heterocycles. The van der Waals surface area contributed by atoms with Gasteiger partial charge in [0.2, 0.25) is 5.91 Å². The van der Waals surface area contributed by atoms with Crippen molar-refractivity contribution in [2.45, 2.75) is 346 Å². The minimum absolute atomic E-state index is 0.258. The molecule has 1 aliphatic heterocycles. The van der Waals surface area contributed by atoms with Crippen molar-refractivity contribution in [2.75, 3.05) is 13.2 Å². The summed E-state index contributed by atoms with van der Waals surface area (Å²) < 4.78 is 47.9. The zero-order valence-corrected chi connectivity index (χ0v) is 49.6. The fourth-order valence-corrected chi connectivity index (χ4v) is 10.8. The quantitative estimate of drug-likeness (QED) is 0.0193. The maximum atomic E-state index is 13.2. The van der Waals surface area contributed by atoms with Crippen molar-refractivity contribution >= 4 is 16.3 Å². The Labute approximate surface area is 466 Å². The van der Waals surface area contributed by atoms with E-state index in [9.17, 15) is 38.2 Å². The maximum absolute atomic E-state index is 13.2. The largest absolute Gasteiger partial charge is 0.397 e. The second-order valence-electron chi connectivity index (χ2n) is 22.4. The van der Waals surface area contributed by atoms with Crippen LogP contribution in [-0.4, -0.2) is 95.4 Å². The highest BCUT2D eigenvalue weighted by Gasteiger charge is 2.48. The summed E-state index contributed by atoms with van der Waals surface area (Å²) in [6.45, 7) is 3.43. The lowest BCUT2D eigenvalue weighted by Gasteiger charge is -2.41. The molecule has 0 aliphatic carbocycles. The van der Waals surface area contributed by atoms with Gasteiger partial charge in [-0.25, -0.2) is 4.18 Å². The zero-order chi connectivity index (χ0) is 55.4. The predicted octanol–water partition coefficient (Wildman–Crippen LogP) is 15.7. The van der Waals surface area contributed by atoms with E-state index in [0.717, 1.165) is 44.9 Å². The smallest absolute Gasteiger partial charge is 0.394 e. The molecule has 12 nitrogen and oxygen atoms in total. The minimum atomic E-state index is -5.09. The van der Waals surface area contributed by atoms with Gasteiger partial charge in [0, 0.05) is 6.42 Å². The molecule has 7 unspecified atom stereocenters. The number of rotatable bonds is 56. The van der Waals surface area contributed by atoms with Gasteiger partial charge in [-0.15, -0.1) is 0 Å². The van der Waals surface area contributed by atoms with Crippen LogP contribution in [0.3, 0.4) is 0 Å². The summed E-state index contributed by atoms with van der Waals surface area (Å²) in [5.41, 5.74) is 0. The lowest BCUT2D eigenvalue weighted by atomic mass is 9.99. The van der Waals surface area contributed by atoms with Crippen LogP contribution in [0.5, 0.6) is 0 Å². The van der Waals surface area contributed by atoms with E-state index < -0.39 is 59.9 Å². The number of hydrogen-bond donors (Lipinski definition) is 6. The summed E-state index contributed by atoms with van der Waals surface area (Å²) in [4.78, 5) is 13.2. The monoisotopic (exact) mass is 1100 g/mol. The number of ether oxygens (including phenoxy) is 2. The number of carbonyl (C=O) groups is 1. The van der Waals surface area contributed by atoms with E-state index >= 15 is 0 Å². The second kappa shape index (κ2) is 52.7. The lowest BCUT2D eigenvalue weighted by molar-refractivity contribution is -0.298. The second-order valence-corrected chi connectivity index (χ2v) is 23.4. The number of unbranched alkanes of at least 4 members (excludes halogenated alkanes) is 40. The van der Waals surface area contributed by atoms with Crippen LogP contribution in [-0.2, 0) is 28.9 Å². The Balaban J connectivity index is 2.24. The van der Waals surface area contributed by atoms with Crippen LogP contribution < -0.4 is 5.32 Å². The normalized spacial score (nSPS) is 19.2. The highest BCUT2D eigenvalue weighted by atomic mass is 32.3. The number of allylic oxidation sites excluding steroid dienone is 5. The van der Waals surface area contributed by atoms with Crippen molar-refractivity contribution in [3.63, 3.8) is 0 Å². The molecule has 1 fully saturated rings. The molecule has 0 bridgehead atoms. The van der Waals surface area contributed by atoms with E-state index in [1.807, 2.05) is 6.08 Å². The molecule has 0 saturated carbocycles. The first-order valence-corrected chi connectivity index (χ1v) is 33.2. The van der Waals surface area contributed by atoms with Crippen LogP contribution in [0, 0.1) is 0 Å². The van der Waals surface area contributed by atoms with E-state index in [0.29, 0.717) is 6.42 Å². The first kappa shape index (κ1) is 72.3. The predicted molar refractivity (Wildman–Crippen MR) is 315 cm³/mol. The van der Waals surface area contributed by atoms with Gasteiger partial charge in [0.25, 0.3) is 0 Å². The van der Waals surface area contributed by atoms with E-state index in [1.165, 1.54) is 231 Å². The average molecular weight is 1100 g/mol. The number of carbonyl (C=O) groups excluding carboxylic acids is 1. The van der Waals surface area contributed by atoms with E-state index in [4.69, 9.17) is 9.47 Å². The molecule has 448 valence electrons. The maximum Gasteiger partial charge on any atom is 0.397 e. The van der Waals surface area contributed by atoms with Crippen molar-refractivity contribution in [2.24, 2.45) is 0 Å². The van der Waals surface area contributed by atoms with Crippen LogP contribution >= 0.6 is 0 Å². The molecule has 0 spiro atoms. The number of nitrogens with one attached hydrogen (secondary N) is 1. The molecule has 7 atom stereocenters. The van der Waals surface area contributed by atoms with Gasteiger partial charge in [0.15, 0.2) is 6.29 Å². The molecule has 0 aromatic heterocycles. The van der Waals surface area contributed by atoms with Crippen LogP contribution in [0.4, 0.5) is 0 Å². The molecule has 76 heavy (non-hydrogen) atoms. The van der Waals surface area contributed by atoms with E-state index in [-0.39, 0.29) is 18.9 Å². The van der Waals surface area contributed by atoms with Crippen molar-refractivity contribution in [3.05, 3.63) is 36.5 Å². The number of aliphatic hydroxyl groups is 4. The Morgan fingerprint density at radius 3 is 1.25 bits per heavy atom. The van der Waals surface area contributed by atoms with Crippen LogP contribution in [0.1, 0.15) is 303 Å². The highest BCUT2D eigenvalue weighted by molar-refractivity contribution is 7.80. The van der Waals surface area contributed by atoms with Crippen molar-refractivity contribution in [1.82, 2.24) is 5.32 Å². The van der Waals surface area contributed by atoms with Gasteiger partial charge in [-0.1, -0.05) is 281 Å². The Morgan fingerprint density at radius 1 is 0.526 bits per heavy atom. The third kappa shape index (κ3) is 44.1. The first-order chi connectivity index (χ1) is 37.0. The van der Waals surface area contributed by atoms with Gasteiger partial charge in [-0.3, -0.25) is 9.35 Å². The molecule has 6 N–H and O–H groups in total. The standard InChI is InChI=1S/C63H119NO11S/c1-3-5-7-9-11-13-15-17-19-21-22-23-24-25-26-27-28-29-30-31-32-33-34-35-36-37-39-41-43-45-47-49-51-53-59(67)64-56(55-73-63-61(69)62(75-76(70,71)72)60(68)58(54-65)74-63)57(66)52-50-48-46-44-42-40-38-20-18-16-14-12-10-8-6-4-2/h22-23,25-26,50,52,56-58,60-63,65-66,68-69H,3-21,24,27-49,51,53-55H2,1-2H3,(H,64,67)(H,70,71,72)/b23-22-,26-25-,52-50+. The third-order valence-corrected chi connectivity index (χ3v) is 15.6. The summed E-state index contributed by atoms with van der Waals surface area (Å²) in [6.07, 6.45) is 59.2. The summed E-state index contributed by atoms with van der Waals surface area (Å²) in [6, 6.07) is -0.944. The molecular formula is C63H119NO11S. The van der Waals surface area contributed by atoms with E-state index in [1.54, 1.807) is 6.08 Å². The Morgan fingerprint density at radius 2 is 0.882 bits per heavy atom. The Bertz CT molecular complexity index is 1480.